The molecule has 0 saturated heterocycles. The second-order valence-corrected chi connectivity index (χ2v) is 24.1. The Balaban J connectivity index is 0.000000278. The molecule has 0 aliphatic heterocycles. The van der Waals surface area contributed by atoms with E-state index in [1.54, 1.807) is 0 Å². The molecule has 0 unspecified atom stereocenters. The van der Waals surface area contributed by atoms with Gasteiger partial charge in [-0.25, -0.2) is 0 Å². The third-order valence-electron chi connectivity index (χ3n) is 7.48. The second kappa shape index (κ2) is 15.5. The average Bonchev–Trinajstić information content (AvgIpc) is 3.46. The Morgan fingerprint density at radius 3 is 1.81 bits per heavy atom. The second-order valence-electron chi connectivity index (χ2n) is 12.6. The van der Waals surface area contributed by atoms with Gasteiger partial charge in [-0.1, -0.05) is 100 Å². The first-order valence-corrected chi connectivity index (χ1v) is 21.0. The van der Waals surface area contributed by atoms with E-state index >= 15 is 0 Å². The van der Waals surface area contributed by atoms with Crippen molar-refractivity contribution in [2.45, 2.75) is 97.3 Å². The predicted molar refractivity (Wildman–Crippen MR) is 172 cm³/mol. The van der Waals surface area contributed by atoms with Gasteiger partial charge in [0.05, 0.1) is 0 Å². The molecule has 0 aromatic heterocycles. The molecule has 0 fully saturated rings. The minimum absolute atomic E-state index is 0. The monoisotopic (exact) mass is 560 g/mol. The fourth-order valence-electron chi connectivity index (χ4n) is 5.73. The largest absolute Gasteiger partial charge is 3.00 e. The number of benzene rings is 2. The van der Waals surface area contributed by atoms with Gasteiger partial charge in [-0.05, 0) is 13.8 Å². The van der Waals surface area contributed by atoms with Crippen LogP contribution in [0.2, 0.25) is 44.4 Å². The molecule has 198 valence electrons. The van der Waals surface area contributed by atoms with E-state index in [2.05, 4.69) is 134 Å². The summed E-state index contributed by atoms with van der Waals surface area (Å²) in [4.78, 5) is 0. The zero-order valence-corrected chi connectivity index (χ0v) is 29.1. The van der Waals surface area contributed by atoms with Crippen LogP contribution in [0.3, 0.4) is 0 Å². The molecule has 37 heavy (non-hydrogen) atoms. The Labute approximate surface area is 249 Å². The van der Waals surface area contributed by atoms with Crippen LogP contribution >= 0.6 is 0 Å². The van der Waals surface area contributed by atoms with Crippen molar-refractivity contribution in [1.82, 2.24) is 0 Å². The number of rotatable bonds is 7. The van der Waals surface area contributed by atoms with Gasteiger partial charge in [-0.2, -0.15) is 30.7 Å². The first-order chi connectivity index (χ1) is 16.9. The van der Waals surface area contributed by atoms with Crippen LogP contribution in [0, 0.1) is 27.7 Å². The van der Waals surface area contributed by atoms with Gasteiger partial charge < -0.3 is 6.92 Å². The van der Waals surface area contributed by atoms with Gasteiger partial charge in [0, 0.05) is 16.1 Å². The summed E-state index contributed by atoms with van der Waals surface area (Å²) in [7, 11) is -1.87. The molecule has 0 amide bonds. The van der Waals surface area contributed by atoms with Crippen LogP contribution in [-0.2, 0) is 25.8 Å². The molecule has 0 atom stereocenters. The Morgan fingerprint density at radius 2 is 1.24 bits per heavy atom. The molecule has 0 aliphatic carbocycles. The molecule has 0 radical (unpaired) electrons. The van der Waals surface area contributed by atoms with Crippen LogP contribution in [0.1, 0.15) is 48.8 Å². The van der Waals surface area contributed by atoms with Crippen LogP contribution in [0.5, 0.6) is 0 Å². The van der Waals surface area contributed by atoms with Crippen molar-refractivity contribution in [2.75, 3.05) is 0 Å². The van der Waals surface area contributed by atoms with Crippen LogP contribution in [0.25, 0.3) is 21.5 Å². The van der Waals surface area contributed by atoms with E-state index in [1.165, 1.54) is 63.9 Å². The van der Waals surface area contributed by atoms with Crippen LogP contribution < -0.4 is 0 Å². The zero-order valence-electron chi connectivity index (χ0n) is 25.2. The van der Waals surface area contributed by atoms with Crippen LogP contribution in [-0.4, -0.2) is 16.1 Å². The molecule has 0 aliphatic rings. The SMILES string of the molecule is Cc1ccc(C)c2[cH-]ccc12.Cc1cccc2[cH-]ccc12.[CH2-]CCCCCC([Si](C)(C)C)[Si](C)(C)C.[Sc+3]. The summed E-state index contributed by atoms with van der Waals surface area (Å²) in [5.41, 5.74) is 4.11. The van der Waals surface area contributed by atoms with E-state index in [-0.39, 0.29) is 25.8 Å². The Bertz CT molecular complexity index is 1130. The summed E-state index contributed by atoms with van der Waals surface area (Å²) in [5, 5.41) is 6.60. The first-order valence-electron chi connectivity index (χ1n) is 13.9. The van der Waals surface area contributed by atoms with Gasteiger partial charge in [0.1, 0.15) is 0 Å². The molecule has 3 heteroatoms. The van der Waals surface area contributed by atoms with E-state index < -0.39 is 16.1 Å². The number of unbranched alkanes of at least 4 members (excludes halogenated alkanes) is 3. The van der Waals surface area contributed by atoms with Crippen molar-refractivity contribution >= 4 is 37.7 Å². The van der Waals surface area contributed by atoms with Crippen LogP contribution in [0.4, 0.5) is 0 Å². The Hall–Kier alpha value is -1.04. The van der Waals surface area contributed by atoms with E-state index in [0.29, 0.717) is 0 Å². The Kier molecular flexibility index (Phi) is 14.3. The summed E-state index contributed by atoms with van der Waals surface area (Å²) < 4.78 is 0. The maximum Gasteiger partial charge on any atom is 3.00 e. The van der Waals surface area contributed by atoms with Gasteiger partial charge in [0.25, 0.3) is 0 Å². The van der Waals surface area contributed by atoms with E-state index in [9.17, 15) is 0 Å². The molecule has 4 rings (SSSR count). The summed E-state index contributed by atoms with van der Waals surface area (Å²) in [6, 6.07) is 23.6. The smallest absolute Gasteiger partial charge is 0.343 e. The molecule has 4 aromatic carbocycles. The molecule has 4 aromatic rings. The fourth-order valence-corrected chi connectivity index (χ4v) is 18.3. The van der Waals surface area contributed by atoms with Gasteiger partial charge in [0.2, 0.25) is 0 Å². The van der Waals surface area contributed by atoms with Crippen molar-refractivity contribution < 1.29 is 25.8 Å². The Morgan fingerprint density at radius 1 is 0.676 bits per heavy atom. The zero-order chi connectivity index (χ0) is 26.9. The standard InChI is InChI=1S/C13H31Si2.C11H11.C10H9.Sc/c1-8-9-10-11-12-13(14(2,3)4)15(5,6)7;1-8-6-7-9(2)11-5-3-4-10(8)11;1-8-4-2-5-9-6-3-7-10(8)9;/h13H,1,8-12H2,2-7H3;3-7H,1-2H3;2-7H,1H3;/q3*-1;+3. The normalized spacial score (nSPS) is 11.5. The molecule has 0 nitrogen and oxygen atoms in total. The third kappa shape index (κ3) is 10.6. The molecule has 0 spiro atoms. The van der Waals surface area contributed by atoms with Crippen molar-refractivity contribution in [2.24, 2.45) is 0 Å². The van der Waals surface area contributed by atoms with Crippen molar-refractivity contribution in [3.8, 4) is 0 Å². The van der Waals surface area contributed by atoms with E-state index in [4.69, 9.17) is 0 Å². The molecule has 0 bridgehead atoms. The average molecular weight is 561 g/mol. The number of hydrogen-bond donors (Lipinski definition) is 0. The molecule has 0 heterocycles. The van der Waals surface area contributed by atoms with Crippen molar-refractivity contribution in [3.05, 3.63) is 90.3 Å². The maximum atomic E-state index is 3.92. The third-order valence-corrected chi connectivity index (χ3v) is 17.4. The van der Waals surface area contributed by atoms with Gasteiger partial charge >= 0.3 is 25.8 Å². The molecule has 0 N–H and O–H groups in total. The summed E-state index contributed by atoms with van der Waals surface area (Å²) >= 11 is 0. The van der Waals surface area contributed by atoms with Crippen molar-refractivity contribution in [1.29, 1.82) is 0 Å². The minimum atomic E-state index is -0.936. The van der Waals surface area contributed by atoms with Gasteiger partial charge in [0.15, 0.2) is 0 Å². The maximum absolute atomic E-state index is 3.92. The fraction of sp³-hybridized carbons (Fsp3) is 0.441. The minimum Gasteiger partial charge on any atom is -0.343 e. The summed E-state index contributed by atoms with van der Waals surface area (Å²) in [5.74, 6) is 0. The number of fused-ring (bicyclic) bond motifs is 2. The van der Waals surface area contributed by atoms with Gasteiger partial charge in [-0.3, -0.25) is 0 Å². The number of hydrogen-bond acceptors (Lipinski definition) is 0. The summed E-state index contributed by atoms with van der Waals surface area (Å²) in [6.45, 7) is 25.7. The molecular weight excluding hydrogens is 510 g/mol. The van der Waals surface area contributed by atoms with Gasteiger partial charge in [-0.15, -0.1) is 57.4 Å². The summed E-state index contributed by atoms with van der Waals surface area (Å²) in [6.07, 6.45) is 6.77. The molecular formula is C34H51ScSi2. The van der Waals surface area contributed by atoms with Crippen molar-refractivity contribution in [3.63, 3.8) is 0 Å². The topological polar surface area (TPSA) is 0 Å². The predicted octanol–water partition coefficient (Wildman–Crippen LogP) is 11.4. The quantitative estimate of drug-likeness (QED) is 0.120. The van der Waals surface area contributed by atoms with E-state index in [1.807, 2.05) is 0 Å². The molecule has 0 saturated carbocycles. The first kappa shape index (κ1) is 34.0. The van der Waals surface area contributed by atoms with E-state index in [0.717, 1.165) is 11.6 Å². The van der Waals surface area contributed by atoms with Crippen LogP contribution in [0.15, 0.2) is 66.7 Å². The number of aryl methyl sites for hydroxylation is 3.